The minimum absolute atomic E-state index is 0.730. The number of halogens is 2. The molecule has 0 aliphatic heterocycles. The Labute approximate surface area is 132 Å². The number of benzene rings is 1. The van der Waals surface area contributed by atoms with Gasteiger partial charge in [0.25, 0.3) is 0 Å². The molecular weight excluding hydrogens is 342 g/mol. The van der Waals surface area contributed by atoms with E-state index in [9.17, 15) is 0 Å². The first-order chi connectivity index (χ1) is 9.61. The van der Waals surface area contributed by atoms with Crippen LogP contribution in [0.1, 0.15) is 12.0 Å². The summed E-state index contributed by atoms with van der Waals surface area (Å²) in [5, 5.41) is 4.03. The normalized spacial score (nSPS) is 10.8. The number of anilines is 2. The van der Waals surface area contributed by atoms with Crippen LogP contribution in [-0.4, -0.2) is 23.3 Å². The van der Waals surface area contributed by atoms with Crippen molar-refractivity contribution < 1.29 is 4.74 Å². The van der Waals surface area contributed by atoms with E-state index >= 15 is 0 Å². The van der Waals surface area contributed by atoms with Gasteiger partial charge in [-0.25, -0.2) is 4.98 Å². The summed E-state index contributed by atoms with van der Waals surface area (Å²) in [7, 11) is 1.71. The molecule has 0 aliphatic carbocycles. The van der Waals surface area contributed by atoms with Crippen LogP contribution in [0.4, 0.5) is 11.6 Å². The molecule has 0 radical (unpaired) electrons. The van der Waals surface area contributed by atoms with Crippen molar-refractivity contribution in [1.29, 1.82) is 0 Å². The maximum absolute atomic E-state index is 6.16. The Balaban J connectivity index is 2.14. The van der Waals surface area contributed by atoms with E-state index in [2.05, 4.69) is 30.8 Å². The molecule has 6 heteroatoms. The number of aromatic nitrogens is 2. The van der Waals surface area contributed by atoms with E-state index in [1.807, 2.05) is 25.3 Å². The number of nitrogens with zero attached hydrogens (tertiary/aromatic N) is 2. The number of hydrogen-bond acceptors (Lipinski definition) is 3. The zero-order valence-electron chi connectivity index (χ0n) is 11.5. The average molecular weight is 359 g/mol. The summed E-state index contributed by atoms with van der Waals surface area (Å²) >= 11 is 9.70. The Bertz CT molecular complexity index is 586. The number of rotatable bonds is 6. The van der Waals surface area contributed by atoms with Crippen LogP contribution in [0.25, 0.3) is 0 Å². The summed E-state index contributed by atoms with van der Waals surface area (Å²) in [5.74, 6) is 0.793. The maximum Gasteiger partial charge on any atom is 0.207 e. The van der Waals surface area contributed by atoms with Gasteiger partial charge in [-0.05, 0) is 47.0 Å². The summed E-state index contributed by atoms with van der Waals surface area (Å²) in [6.07, 6.45) is 4.66. The van der Waals surface area contributed by atoms with Crippen molar-refractivity contribution in [3.63, 3.8) is 0 Å². The van der Waals surface area contributed by atoms with E-state index in [4.69, 9.17) is 16.3 Å². The second-order valence-corrected chi connectivity index (χ2v) is 5.76. The lowest BCUT2D eigenvalue weighted by molar-refractivity contribution is 0.190. The largest absolute Gasteiger partial charge is 0.385 e. The molecule has 0 amide bonds. The van der Waals surface area contributed by atoms with Gasteiger partial charge in [-0.15, -0.1) is 0 Å². The van der Waals surface area contributed by atoms with Gasteiger partial charge >= 0.3 is 0 Å². The smallest absolute Gasteiger partial charge is 0.207 e. The highest BCUT2D eigenvalue weighted by Gasteiger charge is 2.08. The van der Waals surface area contributed by atoms with Crippen LogP contribution in [0, 0.1) is 6.92 Å². The van der Waals surface area contributed by atoms with Crippen molar-refractivity contribution in [3.05, 3.63) is 39.6 Å². The van der Waals surface area contributed by atoms with Gasteiger partial charge in [-0.1, -0.05) is 11.6 Å². The Morgan fingerprint density at radius 2 is 2.25 bits per heavy atom. The third kappa shape index (κ3) is 3.75. The molecule has 2 rings (SSSR count). The Morgan fingerprint density at radius 1 is 1.45 bits per heavy atom. The third-order valence-electron chi connectivity index (χ3n) is 2.96. The lowest BCUT2D eigenvalue weighted by atomic mass is 10.2. The molecule has 0 bridgehead atoms. The van der Waals surface area contributed by atoms with Gasteiger partial charge in [0.05, 0.1) is 5.69 Å². The van der Waals surface area contributed by atoms with E-state index in [0.717, 1.165) is 46.3 Å². The summed E-state index contributed by atoms with van der Waals surface area (Å²) < 4.78 is 8.09. The van der Waals surface area contributed by atoms with Gasteiger partial charge in [-0.2, -0.15) is 0 Å². The van der Waals surface area contributed by atoms with Gasteiger partial charge in [0, 0.05) is 42.2 Å². The molecule has 1 aromatic heterocycles. The molecule has 0 saturated heterocycles. The summed E-state index contributed by atoms with van der Waals surface area (Å²) in [4.78, 5) is 4.33. The van der Waals surface area contributed by atoms with Gasteiger partial charge in [-0.3, -0.25) is 0 Å². The van der Waals surface area contributed by atoms with E-state index in [-0.39, 0.29) is 0 Å². The quantitative estimate of drug-likeness (QED) is 0.779. The van der Waals surface area contributed by atoms with E-state index in [1.54, 1.807) is 13.3 Å². The van der Waals surface area contributed by atoms with Gasteiger partial charge in [0.2, 0.25) is 5.95 Å². The van der Waals surface area contributed by atoms with Crippen LogP contribution in [-0.2, 0) is 11.3 Å². The predicted octanol–water partition coefficient (Wildman–Crippen LogP) is 4.39. The van der Waals surface area contributed by atoms with Gasteiger partial charge in [0.1, 0.15) is 0 Å². The number of imidazole rings is 1. The first kappa shape index (κ1) is 15.4. The number of hydrogen-bond donors (Lipinski definition) is 1. The molecule has 0 unspecified atom stereocenters. The Hall–Kier alpha value is -1.04. The molecular formula is C14H17BrClN3O. The maximum atomic E-state index is 6.16. The lowest BCUT2D eigenvalue weighted by Gasteiger charge is -2.12. The van der Waals surface area contributed by atoms with Crippen LogP contribution in [0.2, 0.25) is 5.02 Å². The fraction of sp³-hybridized carbons (Fsp3) is 0.357. The zero-order chi connectivity index (χ0) is 14.5. The zero-order valence-corrected chi connectivity index (χ0v) is 13.8. The number of nitrogens with one attached hydrogen (secondary N) is 1. The molecule has 108 valence electrons. The summed E-state index contributed by atoms with van der Waals surface area (Å²) in [5.41, 5.74) is 1.94. The van der Waals surface area contributed by atoms with Crippen LogP contribution in [0.3, 0.4) is 0 Å². The summed E-state index contributed by atoms with van der Waals surface area (Å²) in [6, 6.07) is 3.89. The van der Waals surface area contributed by atoms with Crippen molar-refractivity contribution >= 4 is 39.2 Å². The highest BCUT2D eigenvalue weighted by Crippen LogP contribution is 2.31. The molecule has 1 N–H and O–H groups in total. The second-order valence-electron chi connectivity index (χ2n) is 4.50. The number of ether oxygens (including phenoxy) is 1. The highest BCUT2D eigenvalue weighted by atomic mass is 79.9. The van der Waals surface area contributed by atoms with Crippen molar-refractivity contribution in [1.82, 2.24) is 9.55 Å². The van der Waals surface area contributed by atoms with Crippen molar-refractivity contribution in [2.45, 2.75) is 19.9 Å². The average Bonchev–Trinajstić information content (AvgIpc) is 2.84. The van der Waals surface area contributed by atoms with Crippen molar-refractivity contribution in [2.24, 2.45) is 0 Å². The Morgan fingerprint density at radius 3 is 3.00 bits per heavy atom. The second kappa shape index (κ2) is 7.11. The Kier molecular flexibility index (Phi) is 5.46. The minimum atomic E-state index is 0.730. The molecule has 4 nitrogen and oxygen atoms in total. The fourth-order valence-electron chi connectivity index (χ4n) is 1.86. The van der Waals surface area contributed by atoms with E-state index in [1.165, 1.54) is 0 Å². The first-order valence-corrected chi connectivity index (χ1v) is 7.51. The lowest BCUT2D eigenvalue weighted by Crippen LogP contribution is -2.05. The van der Waals surface area contributed by atoms with Crippen molar-refractivity contribution in [3.8, 4) is 0 Å². The van der Waals surface area contributed by atoms with Crippen LogP contribution in [0.15, 0.2) is 29.0 Å². The molecule has 1 aromatic carbocycles. The highest BCUT2D eigenvalue weighted by molar-refractivity contribution is 9.10. The fourth-order valence-corrected chi connectivity index (χ4v) is 2.58. The molecule has 0 fully saturated rings. The van der Waals surface area contributed by atoms with Crippen LogP contribution in [0.5, 0.6) is 0 Å². The van der Waals surface area contributed by atoms with E-state index < -0.39 is 0 Å². The molecule has 0 saturated carbocycles. The third-order valence-corrected chi connectivity index (χ3v) is 4.02. The molecule has 2 aromatic rings. The molecule has 1 heterocycles. The molecule has 0 spiro atoms. The number of aryl methyl sites for hydroxylation is 2. The van der Waals surface area contributed by atoms with Crippen LogP contribution >= 0.6 is 27.5 Å². The minimum Gasteiger partial charge on any atom is -0.385 e. The SMILES string of the molecule is COCCCn1ccnc1Nc1cc(Cl)c(C)cc1Br. The number of methoxy groups -OCH3 is 1. The molecule has 20 heavy (non-hydrogen) atoms. The topological polar surface area (TPSA) is 39.1 Å². The predicted molar refractivity (Wildman–Crippen MR) is 85.9 cm³/mol. The van der Waals surface area contributed by atoms with Crippen LogP contribution < -0.4 is 5.32 Å². The van der Waals surface area contributed by atoms with Gasteiger partial charge in [0.15, 0.2) is 0 Å². The summed E-state index contributed by atoms with van der Waals surface area (Å²) in [6.45, 7) is 3.56. The van der Waals surface area contributed by atoms with E-state index in [0.29, 0.717) is 0 Å². The monoisotopic (exact) mass is 357 g/mol. The van der Waals surface area contributed by atoms with Crippen molar-refractivity contribution in [2.75, 3.05) is 19.0 Å². The first-order valence-electron chi connectivity index (χ1n) is 6.34. The standard InChI is InChI=1S/C14H17BrClN3O/c1-10-8-11(15)13(9-12(10)16)18-14-17-4-6-19(14)5-3-7-20-2/h4,6,8-9H,3,5,7H2,1-2H3,(H,17,18). The molecule has 0 atom stereocenters. The molecule has 0 aliphatic rings. The van der Waals surface area contributed by atoms with Gasteiger partial charge < -0.3 is 14.6 Å².